The van der Waals surface area contributed by atoms with E-state index < -0.39 is 17.8 Å². The summed E-state index contributed by atoms with van der Waals surface area (Å²) in [5.74, 6) is -0.0845. The molecule has 3 heterocycles. The van der Waals surface area contributed by atoms with Gasteiger partial charge in [-0.1, -0.05) is 6.92 Å². The van der Waals surface area contributed by atoms with Gasteiger partial charge in [-0.2, -0.15) is 18.3 Å². The van der Waals surface area contributed by atoms with Gasteiger partial charge in [0.1, 0.15) is 12.4 Å². The first-order chi connectivity index (χ1) is 19.6. The zero-order valence-corrected chi connectivity index (χ0v) is 22.9. The molecule has 14 heteroatoms. The number of halogens is 3. The Labute approximate surface area is 234 Å². The van der Waals surface area contributed by atoms with Crippen molar-refractivity contribution in [3.8, 4) is 22.9 Å². The predicted molar refractivity (Wildman–Crippen MR) is 142 cm³/mol. The number of esters is 1. The SMILES string of the molecule is CCc1cc(Oc2nccn3c(-c4cn(CCN(C)C)nc4C(F)(F)F)cnc23)ccc1C(=O)OCCOCCO. The van der Waals surface area contributed by atoms with Crippen LogP contribution in [-0.2, 0) is 28.6 Å². The van der Waals surface area contributed by atoms with Crippen molar-refractivity contribution in [1.29, 1.82) is 0 Å². The van der Waals surface area contributed by atoms with Crippen molar-refractivity contribution in [2.45, 2.75) is 26.1 Å². The summed E-state index contributed by atoms with van der Waals surface area (Å²) in [6.07, 6.45) is 1.44. The first-order valence-corrected chi connectivity index (χ1v) is 12.9. The maximum Gasteiger partial charge on any atom is 0.435 e. The van der Waals surface area contributed by atoms with E-state index >= 15 is 0 Å². The number of aliphatic hydroxyl groups excluding tert-OH is 1. The number of ether oxygens (including phenoxy) is 3. The number of hydrogen-bond donors (Lipinski definition) is 1. The van der Waals surface area contributed by atoms with Gasteiger partial charge in [-0.25, -0.2) is 14.8 Å². The molecule has 0 spiro atoms. The van der Waals surface area contributed by atoms with Crippen molar-refractivity contribution in [2.24, 2.45) is 0 Å². The lowest BCUT2D eigenvalue weighted by Gasteiger charge is -2.12. The molecular weight excluding hydrogens is 545 g/mol. The Hall–Kier alpha value is -4.01. The largest absolute Gasteiger partial charge is 0.460 e. The summed E-state index contributed by atoms with van der Waals surface area (Å²) in [7, 11) is 3.66. The highest BCUT2D eigenvalue weighted by Crippen LogP contribution is 2.37. The minimum absolute atomic E-state index is 0.0407. The number of aryl methyl sites for hydroxylation is 1. The number of hydrogen-bond acceptors (Lipinski definition) is 9. The van der Waals surface area contributed by atoms with E-state index in [-0.39, 0.29) is 55.8 Å². The summed E-state index contributed by atoms with van der Waals surface area (Å²) in [6, 6.07) is 4.81. The topological polar surface area (TPSA) is 116 Å². The normalized spacial score (nSPS) is 11.9. The maximum absolute atomic E-state index is 13.9. The molecule has 0 fully saturated rings. The average Bonchev–Trinajstić information content (AvgIpc) is 3.56. The van der Waals surface area contributed by atoms with E-state index in [4.69, 9.17) is 19.3 Å². The van der Waals surface area contributed by atoms with Gasteiger partial charge >= 0.3 is 12.1 Å². The van der Waals surface area contributed by atoms with Gasteiger partial charge in [0.15, 0.2) is 5.69 Å². The molecule has 0 aliphatic heterocycles. The molecule has 4 rings (SSSR count). The molecular formula is C27H31F3N6O5. The molecule has 1 aromatic carbocycles. The van der Waals surface area contributed by atoms with Crippen molar-refractivity contribution >= 4 is 11.6 Å². The number of carbonyl (C=O) groups excluding carboxylic acids is 1. The van der Waals surface area contributed by atoms with Gasteiger partial charge in [0, 0.05) is 25.1 Å². The fourth-order valence-corrected chi connectivity index (χ4v) is 4.08. The summed E-state index contributed by atoms with van der Waals surface area (Å²) >= 11 is 0. The first-order valence-electron chi connectivity index (χ1n) is 12.9. The van der Waals surface area contributed by atoms with E-state index in [2.05, 4.69) is 15.1 Å². The minimum atomic E-state index is -4.67. The fraction of sp³-hybridized carbons (Fsp3) is 0.407. The van der Waals surface area contributed by atoms with Gasteiger partial charge in [0.05, 0.1) is 49.4 Å². The lowest BCUT2D eigenvalue weighted by atomic mass is 10.1. The number of fused-ring (bicyclic) bond motifs is 1. The van der Waals surface area contributed by atoms with Crippen LogP contribution in [0.2, 0.25) is 0 Å². The molecule has 0 atom stereocenters. The number of alkyl halides is 3. The third kappa shape index (κ3) is 7.20. The number of benzene rings is 1. The van der Waals surface area contributed by atoms with Gasteiger partial charge in [-0.3, -0.25) is 9.08 Å². The van der Waals surface area contributed by atoms with Crippen LogP contribution in [0.15, 0.2) is 43.0 Å². The van der Waals surface area contributed by atoms with Crippen LogP contribution < -0.4 is 4.74 Å². The Bertz CT molecular complexity index is 1480. The van der Waals surface area contributed by atoms with E-state index in [0.29, 0.717) is 29.8 Å². The average molecular weight is 577 g/mol. The van der Waals surface area contributed by atoms with E-state index in [1.165, 1.54) is 33.9 Å². The molecule has 4 aromatic rings. The van der Waals surface area contributed by atoms with Crippen molar-refractivity contribution in [1.82, 2.24) is 29.0 Å². The predicted octanol–water partition coefficient (Wildman–Crippen LogP) is 3.69. The van der Waals surface area contributed by atoms with Crippen LogP contribution in [0.4, 0.5) is 13.2 Å². The molecule has 3 aromatic heterocycles. The van der Waals surface area contributed by atoms with E-state index in [0.717, 1.165) is 0 Å². The zero-order chi connectivity index (χ0) is 29.6. The van der Waals surface area contributed by atoms with Crippen LogP contribution in [0.3, 0.4) is 0 Å². The second-order valence-corrected chi connectivity index (χ2v) is 9.27. The summed E-state index contributed by atoms with van der Waals surface area (Å²) < 4.78 is 60.7. The van der Waals surface area contributed by atoms with Crippen LogP contribution >= 0.6 is 0 Å². The molecule has 0 unspecified atom stereocenters. The van der Waals surface area contributed by atoms with Crippen LogP contribution in [0.5, 0.6) is 11.6 Å². The Morgan fingerprint density at radius 1 is 1.15 bits per heavy atom. The van der Waals surface area contributed by atoms with Crippen molar-refractivity contribution in [3.05, 3.63) is 59.8 Å². The first kappa shape index (κ1) is 30.0. The molecule has 0 amide bonds. The number of aliphatic hydroxyl groups is 1. The van der Waals surface area contributed by atoms with Gasteiger partial charge in [-0.05, 0) is 44.3 Å². The summed E-state index contributed by atoms with van der Waals surface area (Å²) in [5.41, 5.74) is 0.306. The second-order valence-electron chi connectivity index (χ2n) is 9.27. The van der Waals surface area contributed by atoms with Crippen molar-refractivity contribution in [2.75, 3.05) is 47.1 Å². The molecule has 0 aliphatic carbocycles. The number of rotatable bonds is 13. The number of likely N-dealkylation sites (N-methyl/N-ethyl adjacent to an activating group) is 1. The van der Waals surface area contributed by atoms with Crippen LogP contribution in [0.25, 0.3) is 16.9 Å². The lowest BCUT2D eigenvalue weighted by Crippen LogP contribution is -2.19. The van der Waals surface area contributed by atoms with Gasteiger partial charge < -0.3 is 24.2 Å². The molecule has 1 N–H and O–H groups in total. The van der Waals surface area contributed by atoms with E-state index in [9.17, 15) is 18.0 Å². The summed E-state index contributed by atoms with van der Waals surface area (Å²) in [5, 5.41) is 12.5. The molecule has 220 valence electrons. The molecule has 0 radical (unpaired) electrons. The van der Waals surface area contributed by atoms with Gasteiger partial charge in [-0.15, -0.1) is 0 Å². The highest BCUT2D eigenvalue weighted by molar-refractivity contribution is 5.91. The van der Waals surface area contributed by atoms with Crippen LogP contribution in [0.1, 0.15) is 28.5 Å². The number of aromatic nitrogens is 5. The van der Waals surface area contributed by atoms with Crippen molar-refractivity contribution < 1.29 is 37.3 Å². The third-order valence-corrected chi connectivity index (χ3v) is 6.07. The second kappa shape index (κ2) is 13.1. The zero-order valence-electron chi connectivity index (χ0n) is 22.9. The molecule has 0 aliphatic rings. The lowest BCUT2D eigenvalue weighted by molar-refractivity contribution is -0.141. The monoisotopic (exact) mass is 576 g/mol. The van der Waals surface area contributed by atoms with Crippen LogP contribution in [-0.4, -0.2) is 87.2 Å². The Balaban J connectivity index is 1.59. The number of imidazole rings is 1. The highest BCUT2D eigenvalue weighted by Gasteiger charge is 2.38. The quantitative estimate of drug-likeness (QED) is 0.188. The Kier molecular flexibility index (Phi) is 9.57. The molecule has 0 bridgehead atoms. The third-order valence-electron chi connectivity index (χ3n) is 6.07. The van der Waals surface area contributed by atoms with Crippen LogP contribution in [0, 0.1) is 0 Å². The molecule has 0 saturated carbocycles. The number of nitrogens with zero attached hydrogens (tertiary/aromatic N) is 6. The summed E-state index contributed by atoms with van der Waals surface area (Å²) in [4.78, 5) is 22.9. The summed E-state index contributed by atoms with van der Waals surface area (Å²) in [6.45, 7) is 2.92. The van der Waals surface area contributed by atoms with Crippen molar-refractivity contribution in [3.63, 3.8) is 0 Å². The Morgan fingerprint density at radius 3 is 2.66 bits per heavy atom. The minimum Gasteiger partial charge on any atom is -0.460 e. The molecule has 0 saturated heterocycles. The van der Waals surface area contributed by atoms with E-state index in [1.807, 2.05) is 25.9 Å². The van der Waals surface area contributed by atoms with E-state index in [1.54, 1.807) is 18.2 Å². The number of carbonyl (C=O) groups is 1. The fourth-order valence-electron chi connectivity index (χ4n) is 4.08. The Morgan fingerprint density at radius 2 is 1.95 bits per heavy atom. The standard InChI is InChI=1S/C27H31F3N6O5/c1-4-18-15-19(5-6-20(18)26(38)40-14-13-39-12-11-37)41-25-24-32-16-22(36(24)8-7-31-25)21-17-35(10-9-34(2)3)33-23(21)27(28,29)30/h5-8,15-17,37H,4,9-14H2,1-3H3. The van der Waals surface area contributed by atoms with Gasteiger partial charge in [0.25, 0.3) is 5.88 Å². The maximum atomic E-state index is 13.9. The smallest absolute Gasteiger partial charge is 0.435 e. The van der Waals surface area contributed by atoms with Gasteiger partial charge in [0.2, 0.25) is 5.65 Å². The molecule has 11 nitrogen and oxygen atoms in total. The molecule has 41 heavy (non-hydrogen) atoms. The highest BCUT2D eigenvalue weighted by atomic mass is 19.4.